The van der Waals surface area contributed by atoms with Crippen molar-refractivity contribution in [1.82, 2.24) is 10.3 Å². The zero-order valence-corrected chi connectivity index (χ0v) is 14.4. The molecular weight excluding hydrogens is 349 g/mol. The van der Waals surface area contributed by atoms with Crippen LogP contribution in [0.25, 0.3) is 0 Å². The van der Waals surface area contributed by atoms with Crippen molar-refractivity contribution in [2.75, 3.05) is 32.1 Å². The van der Waals surface area contributed by atoms with E-state index in [0.29, 0.717) is 12.6 Å². The number of carbonyl (C=O) groups is 1. The van der Waals surface area contributed by atoms with Crippen molar-refractivity contribution in [3.05, 3.63) is 29.3 Å². The van der Waals surface area contributed by atoms with Gasteiger partial charge in [0, 0.05) is 23.8 Å². The fourth-order valence-corrected chi connectivity index (χ4v) is 3.29. The van der Waals surface area contributed by atoms with Gasteiger partial charge in [-0.25, -0.2) is 10.2 Å². The maximum absolute atomic E-state index is 13.5. The summed E-state index contributed by atoms with van der Waals surface area (Å²) < 4.78 is 45.1. The van der Waals surface area contributed by atoms with Gasteiger partial charge in [0.05, 0.1) is 5.56 Å². The molecule has 1 saturated heterocycles. The lowest BCUT2D eigenvalue weighted by molar-refractivity contribution is -0.137. The van der Waals surface area contributed by atoms with Crippen molar-refractivity contribution in [1.29, 1.82) is 0 Å². The summed E-state index contributed by atoms with van der Waals surface area (Å²) in [6.07, 6.45) is -2.22. The molecule has 1 aromatic carbocycles. The predicted molar refractivity (Wildman–Crippen MR) is 91.2 cm³/mol. The normalized spacial score (nSPS) is 21.2. The van der Waals surface area contributed by atoms with Gasteiger partial charge in [0.1, 0.15) is 12.3 Å². The summed E-state index contributed by atoms with van der Waals surface area (Å²) in [4.78, 5) is 13.2. The number of benzene rings is 1. The molecule has 6 nitrogen and oxygen atoms in total. The molecule has 2 aliphatic heterocycles. The van der Waals surface area contributed by atoms with Gasteiger partial charge in [0.2, 0.25) is 0 Å². The van der Waals surface area contributed by atoms with E-state index in [9.17, 15) is 18.0 Å². The molecule has 1 aromatic rings. The number of alkyl halides is 3. The first-order valence-corrected chi connectivity index (χ1v) is 8.49. The number of likely N-dealkylation sites (tertiary alicyclic amines) is 1. The maximum Gasteiger partial charge on any atom is 0.428 e. The molecule has 3 rings (SSSR count). The number of halogens is 3. The lowest BCUT2D eigenvalue weighted by Gasteiger charge is -2.21. The summed E-state index contributed by atoms with van der Waals surface area (Å²) >= 11 is 0. The molecule has 0 spiro atoms. The minimum atomic E-state index is -4.50. The van der Waals surface area contributed by atoms with Crippen molar-refractivity contribution in [2.24, 2.45) is 5.10 Å². The van der Waals surface area contributed by atoms with Gasteiger partial charge in [-0.15, -0.1) is 0 Å². The van der Waals surface area contributed by atoms with Crippen LogP contribution in [0.5, 0.6) is 0 Å². The molecule has 142 valence electrons. The van der Waals surface area contributed by atoms with Gasteiger partial charge < -0.3 is 15.0 Å². The zero-order valence-electron chi connectivity index (χ0n) is 14.4. The van der Waals surface area contributed by atoms with Gasteiger partial charge in [0.15, 0.2) is 0 Å². The third-order valence-corrected chi connectivity index (χ3v) is 4.74. The van der Waals surface area contributed by atoms with E-state index in [0.717, 1.165) is 31.9 Å². The van der Waals surface area contributed by atoms with E-state index in [1.54, 1.807) is 6.07 Å². The van der Waals surface area contributed by atoms with Crippen LogP contribution in [0.2, 0.25) is 0 Å². The van der Waals surface area contributed by atoms with Crippen LogP contribution in [0, 0.1) is 0 Å². The Morgan fingerprint density at radius 3 is 2.85 bits per heavy atom. The molecular formula is C17H21F3N4O2. The first-order valence-electron chi connectivity index (χ1n) is 8.49. The highest BCUT2D eigenvalue weighted by Gasteiger charge is 2.34. The maximum atomic E-state index is 13.5. The average molecular weight is 370 g/mol. The number of hydrogen-bond acceptors (Lipinski definition) is 5. The third-order valence-electron chi connectivity index (χ3n) is 4.74. The van der Waals surface area contributed by atoms with Crippen LogP contribution in [0.3, 0.4) is 0 Å². The van der Waals surface area contributed by atoms with E-state index >= 15 is 0 Å². The van der Waals surface area contributed by atoms with Gasteiger partial charge in [-0.3, -0.25) is 0 Å². The van der Waals surface area contributed by atoms with Crippen LogP contribution in [-0.4, -0.2) is 49.5 Å². The standard InChI is InChI=1S/C17H21F3N4O2/c1-24-8-2-3-12(24)6-7-21-14-5-4-11(9-13(14)17(18,19)20)15-10-26-16(25)23-22-15/h4-5,9,12,21H,2-3,6-8,10H2,1H3,(H,23,25). The Morgan fingerprint density at radius 2 is 2.23 bits per heavy atom. The second-order valence-electron chi connectivity index (χ2n) is 6.50. The summed E-state index contributed by atoms with van der Waals surface area (Å²) in [6, 6.07) is 4.38. The Hall–Kier alpha value is -2.29. The quantitative estimate of drug-likeness (QED) is 0.836. The molecule has 2 aliphatic rings. The van der Waals surface area contributed by atoms with E-state index in [-0.39, 0.29) is 23.6 Å². The number of hydrogen-bond donors (Lipinski definition) is 2. The molecule has 1 fully saturated rings. The molecule has 0 aromatic heterocycles. The van der Waals surface area contributed by atoms with E-state index < -0.39 is 17.8 Å². The number of nitrogens with one attached hydrogen (secondary N) is 2. The second kappa shape index (κ2) is 7.53. The minimum absolute atomic E-state index is 0.0447. The molecule has 2 N–H and O–H groups in total. The summed E-state index contributed by atoms with van der Waals surface area (Å²) in [7, 11) is 2.04. The molecule has 1 unspecified atom stereocenters. The van der Waals surface area contributed by atoms with Crippen LogP contribution < -0.4 is 10.7 Å². The number of nitrogens with zero attached hydrogens (tertiary/aromatic N) is 2. The van der Waals surface area contributed by atoms with Crippen LogP contribution in [-0.2, 0) is 10.9 Å². The lowest BCUT2D eigenvalue weighted by atomic mass is 10.0. The summed E-state index contributed by atoms with van der Waals surface area (Å²) in [5, 5.41) is 6.67. The monoisotopic (exact) mass is 370 g/mol. The SMILES string of the molecule is CN1CCCC1CCNc1ccc(C2=NNC(=O)OC2)cc1C(F)(F)F. The Labute approximate surface area is 149 Å². The van der Waals surface area contributed by atoms with Crippen LogP contribution in [0.15, 0.2) is 23.3 Å². The van der Waals surface area contributed by atoms with Gasteiger partial charge in [-0.05, 0) is 45.0 Å². The Bertz CT molecular complexity index is 706. The zero-order chi connectivity index (χ0) is 18.7. The number of carbonyl (C=O) groups excluding carboxylic acids is 1. The molecule has 2 heterocycles. The summed E-state index contributed by atoms with van der Waals surface area (Å²) in [5.74, 6) is 0. The molecule has 1 atom stereocenters. The van der Waals surface area contributed by atoms with Crippen molar-refractivity contribution < 1.29 is 22.7 Å². The fourth-order valence-electron chi connectivity index (χ4n) is 3.29. The highest BCUT2D eigenvalue weighted by atomic mass is 19.4. The molecule has 0 saturated carbocycles. The Balaban J connectivity index is 1.73. The predicted octanol–water partition coefficient (Wildman–Crippen LogP) is 3.05. The second-order valence-corrected chi connectivity index (χ2v) is 6.50. The smallest absolute Gasteiger partial charge is 0.428 e. The molecule has 0 aliphatic carbocycles. The van der Waals surface area contributed by atoms with Gasteiger partial charge in [-0.1, -0.05) is 6.07 Å². The van der Waals surface area contributed by atoms with Crippen molar-refractivity contribution in [3.8, 4) is 0 Å². The highest BCUT2D eigenvalue weighted by molar-refractivity contribution is 6.04. The van der Waals surface area contributed by atoms with Crippen LogP contribution >= 0.6 is 0 Å². The van der Waals surface area contributed by atoms with Gasteiger partial charge in [0.25, 0.3) is 0 Å². The average Bonchev–Trinajstić information content (AvgIpc) is 3.00. The number of amides is 1. The summed E-state index contributed by atoms with van der Waals surface area (Å²) in [5.41, 5.74) is 1.89. The van der Waals surface area contributed by atoms with Gasteiger partial charge in [-0.2, -0.15) is 18.3 Å². The highest BCUT2D eigenvalue weighted by Crippen LogP contribution is 2.36. The van der Waals surface area contributed by atoms with E-state index in [2.05, 4.69) is 20.7 Å². The third kappa shape index (κ3) is 4.27. The summed E-state index contributed by atoms with van der Waals surface area (Å²) in [6.45, 7) is 1.34. The molecule has 9 heteroatoms. The molecule has 0 radical (unpaired) electrons. The van der Waals surface area contributed by atoms with Crippen molar-refractivity contribution in [3.63, 3.8) is 0 Å². The van der Waals surface area contributed by atoms with Crippen LogP contribution in [0.4, 0.5) is 23.7 Å². The largest absolute Gasteiger partial charge is 0.442 e. The topological polar surface area (TPSA) is 66.0 Å². The van der Waals surface area contributed by atoms with E-state index in [4.69, 9.17) is 4.74 Å². The van der Waals surface area contributed by atoms with E-state index in [1.165, 1.54) is 6.07 Å². The first kappa shape index (κ1) is 18.5. The van der Waals surface area contributed by atoms with Crippen molar-refractivity contribution in [2.45, 2.75) is 31.5 Å². The molecule has 26 heavy (non-hydrogen) atoms. The van der Waals surface area contributed by atoms with Gasteiger partial charge >= 0.3 is 12.3 Å². The van der Waals surface area contributed by atoms with Crippen molar-refractivity contribution >= 4 is 17.5 Å². The van der Waals surface area contributed by atoms with Crippen LogP contribution in [0.1, 0.15) is 30.4 Å². The number of rotatable bonds is 5. The molecule has 1 amide bonds. The fraction of sp³-hybridized carbons (Fsp3) is 0.529. The number of hydrazone groups is 1. The Morgan fingerprint density at radius 1 is 1.42 bits per heavy atom. The number of anilines is 1. The molecule has 0 bridgehead atoms. The first-order chi connectivity index (χ1) is 12.3. The minimum Gasteiger partial charge on any atom is -0.442 e. The number of ether oxygens (including phenoxy) is 1. The number of cyclic esters (lactones) is 1. The van der Waals surface area contributed by atoms with E-state index in [1.807, 2.05) is 7.05 Å². The Kier molecular flexibility index (Phi) is 5.36. The lowest BCUT2D eigenvalue weighted by Crippen LogP contribution is -2.31.